The van der Waals surface area contributed by atoms with Gasteiger partial charge in [-0.05, 0) is 24.6 Å². The molecular formula is C10H10Br2F3N. The molecule has 1 atom stereocenters. The quantitative estimate of drug-likeness (QED) is 0.841. The second-order valence-corrected chi connectivity index (χ2v) is 5.15. The van der Waals surface area contributed by atoms with E-state index in [1.165, 1.54) is 0 Å². The summed E-state index contributed by atoms with van der Waals surface area (Å²) in [4.78, 5) is 0. The van der Waals surface area contributed by atoms with Crippen LogP contribution in [0.25, 0.3) is 0 Å². The highest BCUT2D eigenvalue weighted by atomic mass is 79.9. The maximum atomic E-state index is 12.0. The standard InChI is InChI=1S/C10H10Br2F3N/c1-6(16-5-10(13,14)15)8-3-2-7(11)4-9(8)12/h2-4,6,16H,5H2,1H3. The molecule has 1 nitrogen and oxygen atoms in total. The van der Waals surface area contributed by atoms with Crippen molar-refractivity contribution in [2.75, 3.05) is 6.54 Å². The van der Waals surface area contributed by atoms with Crippen LogP contribution in [0, 0.1) is 0 Å². The molecule has 1 rings (SSSR count). The lowest BCUT2D eigenvalue weighted by Crippen LogP contribution is -2.30. The molecule has 0 saturated carbocycles. The zero-order chi connectivity index (χ0) is 12.3. The van der Waals surface area contributed by atoms with Crippen molar-refractivity contribution in [3.63, 3.8) is 0 Å². The summed E-state index contributed by atoms with van der Waals surface area (Å²) >= 11 is 6.60. The van der Waals surface area contributed by atoms with Crippen molar-refractivity contribution in [1.82, 2.24) is 5.32 Å². The smallest absolute Gasteiger partial charge is 0.302 e. The molecule has 0 saturated heterocycles. The number of alkyl halides is 3. The van der Waals surface area contributed by atoms with Gasteiger partial charge in [0.1, 0.15) is 0 Å². The predicted molar refractivity (Wildman–Crippen MR) is 64.3 cm³/mol. The molecule has 6 heteroatoms. The van der Waals surface area contributed by atoms with Gasteiger partial charge in [0.05, 0.1) is 6.54 Å². The van der Waals surface area contributed by atoms with E-state index in [0.717, 1.165) is 14.5 Å². The van der Waals surface area contributed by atoms with Gasteiger partial charge < -0.3 is 5.32 Å². The Balaban J connectivity index is 2.70. The lowest BCUT2D eigenvalue weighted by atomic mass is 10.1. The first-order valence-electron chi connectivity index (χ1n) is 4.54. The Morgan fingerprint density at radius 2 is 1.94 bits per heavy atom. The van der Waals surface area contributed by atoms with Crippen LogP contribution in [0.1, 0.15) is 18.5 Å². The van der Waals surface area contributed by atoms with Crippen molar-refractivity contribution in [2.24, 2.45) is 0 Å². The summed E-state index contributed by atoms with van der Waals surface area (Å²) in [5.74, 6) is 0. The summed E-state index contributed by atoms with van der Waals surface area (Å²) in [6.45, 7) is 0.705. The molecule has 1 aromatic carbocycles. The summed E-state index contributed by atoms with van der Waals surface area (Å²) in [5, 5.41) is 2.43. The summed E-state index contributed by atoms with van der Waals surface area (Å²) in [6, 6.07) is 5.03. The van der Waals surface area contributed by atoms with Crippen LogP contribution in [0.2, 0.25) is 0 Å². The topological polar surface area (TPSA) is 12.0 Å². The van der Waals surface area contributed by atoms with Crippen LogP contribution >= 0.6 is 31.9 Å². The van der Waals surface area contributed by atoms with Gasteiger partial charge in [-0.25, -0.2) is 0 Å². The van der Waals surface area contributed by atoms with Crippen molar-refractivity contribution in [1.29, 1.82) is 0 Å². The molecule has 0 fully saturated rings. The first-order valence-corrected chi connectivity index (χ1v) is 6.13. The van der Waals surface area contributed by atoms with E-state index in [2.05, 4.69) is 37.2 Å². The minimum atomic E-state index is -4.18. The summed E-state index contributed by atoms with van der Waals surface area (Å²) in [5.41, 5.74) is 0.799. The normalized spacial score (nSPS) is 13.9. The molecule has 0 bridgehead atoms. The fourth-order valence-corrected chi connectivity index (χ4v) is 2.62. The Morgan fingerprint density at radius 1 is 1.31 bits per heavy atom. The molecule has 1 unspecified atom stereocenters. The van der Waals surface area contributed by atoms with Gasteiger partial charge >= 0.3 is 6.18 Å². The van der Waals surface area contributed by atoms with E-state index >= 15 is 0 Å². The SMILES string of the molecule is CC(NCC(F)(F)F)c1ccc(Br)cc1Br. The van der Waals surface area contributed by atoms with Crippen molar-refractivity contribution in [3.05, 3.63) is 32.7 Å². The summed E-state index contributed by atoms with van der Waals surface area (Å²) < 4.78 is 37.7. The van der Waals surface area contributed by atoms with Gasteiger partial charge in [-0.2, -0.15) is 13.2 Å². The average Bonchev–Trinajstić information content (AvgIpc) is 2.13. The Labute approximate surface area is 109 Å². The van der Waals surface area contributed by atoms with E-state index < -0.39 is 12.7 Å². The first kappa shape index (κ1) is 14.0. The second-order valence-electron chi connectivity index (χ2n) is 3.38. The number of hydrogen-bond acceptors (Lipinski definition) is 1. The van der Waals surface area contributed by atoms with Gasteiger partial charge in [0.2, 0.25) is 0 Å². The molecule has 1 aromatic rings. The molecule has 0 aliphatic heterocycles. The van der Waals surface area contributed by atoms with Crippen LogP contribution in [0.3, 0.4) is 0 Å². The minimum Gasteiger partial charge on any atom is -0.302 e. The monoisotopic (exact) mass is 359 g/mol. The number of benzene rings is 1. The van der Waals surface area contributed by atoms with Gasteiger partial charge in [-0.15, -0.1) is 0 Å². The van der Waals surface area contributed by atoms with Gasteiger partial charge in [0.15, 0.2) is 0 Å². The lowest BCUT2D eigenvalue weighted by molar-refractivity contribution is -0.126. The molecule has 0 aliphatic carbocycles. The molecule has 16 heavy (non-hydrogen) atoms. The van der Waals surface area contributed by atoms with Crippen LogP contribution in [0.4, 0.5) is 13.2 Å². The molecule has 1 N–H and O–H groups in total. The molecule has 0 aromatic heterocycles. The molecule has 0 radical (unpaired) electrons. The Bertz CT molecular complexity index is 366. The molecule has 0 amide bonds. The fraction of sp³-hybridized carbons (Fsp3) is 0.400. The fourth-order valence-electron chi connectivity index (χ4n) is 1.23. The van der Waals surface area contributed by atoms with E-state index in [0.29, 0.717) is 0 Å². The summed E-state index contributed by atoms with van der Waals surface area (Å²) in [7, 11) is 0. The second kappa shape index (κ2) is 5.51. The first-order chi connectivity index (χ1) is 7.29. The van der Waals surface area contributed by atoms with Crippen LogP contribution in [-0.4, -0.2) is 12.7 Å². The largest absolute Gasteiger partial charge is 0.401 e. The van der Waals surface area contributed by atoms with Crippen LogP contribution in [0.5, 0.6) is 0 Å². The maximum absolute atomic E-state index is 12.0. The van der Waals surface area contributed by atoms with E-state index in [1.54, 1.807) is 25.1 Å². The molecular weight excluding hydrogens is 351 g/mol. The van der Waals surface area contributed by atoms with Gasteiger partial charge in [0.25, 0.3) is 0 Å². The highest BCUT2D eigenvalue weighted by Gasteiger charge is 2.27. The Kier molecular flexibility index (Phi) is 4.82. The van der Waals surface area contributed by atoms with Crippen molar-refractivity contribution < 1.29 is 13.2 Å². The van der Waals surface area contributed by atoms with Gasteiger partial charge in [0, 0.05) is 15.0 Å². The molecule has 0 aliphatic rings. The number of nitrogens with one attached hydrogen (secondary N) is 1. The Morgan fingerprint density at radius 3 is 2.44 bits per heavy atom. The van der Waals surface area contributed by atoms with Gasteiger partial charge in [-0.3, -0.25) is 0 Å². The van der Waals surface area contributed by atoms with Crippen LogP contribution < -0.4 is 5.32 Å². The average molecular weight is 361 g/mol. The Hall–Kier alpha value is -0.0700. The molecule has 90 valence electrons. The van der Waals surface area contributed by atoms with Crippen molar-refractivity contribution in [2.45, 2.75) is 19.1 Å². The van der Waals surface area contributed by atoms with Crippen molar-refractivity contribution >= 4 is 31.9 Å². The molecule has 0 spiro atoms. The zero-order valence-corrected chi connectivity index (χ0v) is 11.6. The van der Waals surface area contributed by atoms with Crippen molar-refractivity contribution in [3.8, 4) is 0 Å². The van der Waals surface area contributed by atoms with E-state index in [4.69, 9.17) is 0 Å². The van der Waals surface area contributed by atoms with E-state index in [1.807, 2.05) is 0 Å². The highest BCUT2D eigenvalue weighted by molar-refractivity contribution is 9.11. The number of halogens is 5. The molecule has 0 heterocycles. The third-order valence-electron chi connectivity index (χ3n) is 2.04. The third-order valence-corrected chi connectivity index (χ3v) is 3.22. The zero-order valence-electron chi connectivity index (χ0n) is 8.41. The van der Waals surface area contributed by atoms with Gasteiger partial charge in [-0.1, -0.05) is 37.9 Å². The van der Waals surface area contributed by atoms with Crippen LogP contribution in [-0.2, 0) is 0 Å². The lowest BCUT2D eigenvalue weighted by Gasteiger charge is -2.17. The maximum Gasteiger partial charge on any atom is 0.401 e. The highest BCUT2D eigenvalue weighted by Crippen LogP contribution is 2.27. The van der Waals surface area contributed by atoms with E-state index in [9.17, 15) is 13.2 Å². The third kappa shape index (κ3) is 4.43. The number of rotatable bonds is 3. The predicted octanol–water partition coefficient (Wildman–Crippen LogP) is 4.42. The van der Waals surface area contributed by atoms with E-state index in [-0.39, 0.29) is 6.04 Å². The summed E-state index contributed by atoms with van der Waals surface area (Å²) in [6.07, 6.45) is -4.18. The van der Waals surface area contributed by atoms with Crippen LogP contribution in [0.15, 0.2) is 27.1 Å². The minimum absolute atomic E-state index is 0.357. The number of hydrogen-bond donors (Lipinski definition) is 1.